The van der Waals surface area contributed by atoms with Crippen molar-refractivity contribution in [1.29, 1.82) is 0 Å². The Hall–Kier alpha value is -1.06. The monoisotopic (exact) mass is 297 g/mol. The molecule has 4 atom stereocenters. The molecule has 1 saturated carbocycles. The Kier molecular flexibility index (Phi) is 6.69. The quantitative estimate of drug-likeness (QED) is 0.793. The van der Waals surface area contributed by atoms with Crippen molar-refractivity contribution in [3.8, 4) is 0 Å². The standard InChI is InChI=1S/C17H31NO3/c1-10(2)14-8-7-12(5)9-15(14)16(19)18-13(6)17(20)21-11(3)4/h10-15H,7-9H2,1-6H3,(H,18,19). The molecule has 0 aromatic rings. The lowest BCUT2D eigenvalue weighted by Gasteiger charge is -2.36. The van der Waals surface area contributed by atoms with Crippen LogP contribution in [0.3, 0.4) is 0 Å². The van der Waals surface area contributed by atoms with E-state index in [4.69, 9.17) is 4.74 Å². The largest absolute Gasteiger partial charge is 0.461 e. The van der Waals surface area contributed by atoms with E-state index in [0.29, 0.717) is 17.8 Å². The zero-order valence-corrected chi connectivity index (χ0v) is 14.3. The molecule has 1 N–H and O–H groups in total. The lowest BCUT2D eigenvalue weighted by molar-refractivity contribution is -0.151. The number of amides is 1. The van der Waals surface area contributed by atoms with Crippen molar-refractivity contribution in [2.75, 3.05) is 0 Å². The van der Waals surface area contributed by atoms with E-state index in [1.54, 1.807) is 6.92 Å². The minimum atomic E-state index is -0.579. The number of carbonyl (C=O) groups excluding carboxylic acids is 2. The molecule has 0 aliphatic heterocycles. The molecule has 0 radical (unpaired) electrons. The molecule has 1 fully saturated rings. The van der Waals surface area contributed by atoms with E-state index in [1.807, 2.05) is 13.8 Å². The van der Waals surface area contributed by atoms with Gasteiger partial charge in [0.25, 0.3) is 0 Å². The van der Waals surface area contributed by atoms with E-state index in [2.05, 4.69) is 26.1 Å². The summed E-state index contributed by atoms with van der Waals surface area (Å²) >= 11 is 0. The number of rotatable bonds is 5. The van der Waals surface area contributed by atoms with Crippen LogP contribution in [0, 0.1) is 23.7 Å². The molecule has 1 rings (SSSR count). The molecular weight excluding hydrogens is 266 g/mol. The first-order valence-electron chi connectivity index (χ1n) is 8.23. The van der Waals surface area contributed by atoms with E-state index in [9.17, 15) is 9.59 Å². The Morgan fingerprint density at radius 1 is 1.10 bits per heavy atom. The topological polar surface area (TPSA) is 55.4 Å². The van der Waals surface area contributed by atoms with Crippen molar-refractivity contribution in [3.05, 3.63) is 0 Å². The predicted molar refractivity (Wildman–Crippen MR) is 83.7 cm³/mol. The minimum absolute atomic E-state index is 0.00783. The van der Waals surface area contributed by atoms with Gasteiger partial charge >= 0.3 is 5.97 Å². The molecular formula is C17H31NO3. The van der Waals surface area contributed by atoms with E-state index >= 15 is 0 Å². The van der Waals surface area contributed by atoms with Crippen molar-refractivity contribution in [3.63, 3.8) is 0 Å². The van der Waals surface area contributed by atoms with Gasteiger partial charge in [0.1, 0.15) is 6.04 Å². The Bertz CT molecular complexity index is 365. The molecule has 1 aliphatic carbocycles. The molecule has 1 aliphatic rings. The van der Waals surface area contributed by atoms with Crippen molar-refractivity contribution in [1.82, 2.24) is 5.32 Å². The Balaban J connectivity index is 2.64. The summed E-state index contributed by atoms with van der Waals surface area (Å²) in [5.41, 5.74) is 0. The van der Waals surface area contributed by atoms with Gasteiger partial charge in [0, 0.05) is 5.92 Å². The summed E-state index contributed by atoms with van der Waals surface area (Å²) in [6.45, 7) is 11.9. The van der Waals surface area contributed by atoms with E-state index in [-0.39, 0.29) is 23.9 Å². The first kappa shape index (κ1) is 18.0. The third-order valence-corrected chi connectivity index (χ3v) is 4.42. The molecule has 4 heteroatoms. The van der Waals surface area contributed by atoms with Crippen LogP contribution in [0.15, 0.2) is 0 Å². The van der Waals surface area contributed by atoms with Crippen LogP contribution in [-0.2, 0) is 14.3 Å². The molecule has 0 spiro atoms. The first-order chi connectivity index (χ1) is 9.72. The minimum Gasteiger partial charge on any atom is -0.461 e. The smallest absolute Gasteiger partial charge is 0.328 e. The van der Waals surface area contributed by atoms with Crippen LogP contribution in [0.4, 0.5) is 0 Å². The second-order valence-corrected chi connectivity index (χ2v) is 7.15. The normalized spacial score (nSPS) is 27.5. The van der Waals surface area contributed by atoms with Crippen molar-refractivity contribution in [2.24, 2.45) is 23.7 Å². The highest BCUT2D eigenvalue weighted by atomic mass is 16.5. The summed E-state index contributed by atoms with van der Waals surface area (Å²) in [6.07, 6.45) is 3.05. The fourth-order valence-corrected chi connectivity index (χ4v) is 3.22. The Morgan fingerprint density at radius 2 is 1.71 bits per heavy atom. The fraction of sp³-hybridized carbons (Fsp3) is 0.882. The van der Waals surface area contributed by atoms with Gasteiger partial charge in [0.15, 0.2) is 0 Å². The number of carbonyl (C=O) groups is 2. The van der Waals surface area contributed by atoms with Gasteiger partial charge in [-0.05, 0) is 51.4 Å². The van der Waals surface area contributed by atoms with Gasteiger partial charge in [0.2, 0.25) is 5.91 Å². The van der Waals surface area contributed by atoms with Crippen molar-refractivity contribution >= 4 is 11.9 Å². The van der Waals surface area contributed by atoms with Crippen LogP contribution in [0.5, 0.6) is 0 Å². The SMILES string of the molecule is CC1CCC(C(C)C)C(C(=O)NC(C)C(=O)OC(C)C)C1. The Morgan fingerprint density at radius 3 is 2.24 bits per heavy atom. The van der Waals surface area contributed by atoms with Gasteiger partial charge in [-0.15, -0.1) is 0 Å². The van der Waals surface area contributed by atoms with Crippen molar-refractivity contribution in [2.45, 2.75) is 73.0 Å². The molecule has 0 aromatic carbocycles. The summed E-state index contributed by atoms with van der Waals surface area (Å²) in [4.78, 5) is 24.4. The lowest BCUT2D eigenvalue weighted by Crippen LogP contribution is -2.46. The maximum absolute atomic E-state index is 12.5. The van der Waals surface area contributed by atoms with Gasteiger partial charge in [-0.1, -0.05) is 27.2 Å². The molecule has 0 aromatic heterocycles. The van der Waals surface area contributed by atoms with Crippen LogP contribution in [0.2, 0.25) is 0 Å². The maximum atomic E-state index is 12.5. The fourth-order valence-electron chi connectivity index (χ4n) is 3.22. The highest BCUT2D eigenvalue weighted by Crippen LogP contribution is 2.38. The zero-order valence-electron chi connectivity index (χ0n) is 14.3. The number of esters is 1. The van der Waals surface area contributed by atoms with Gasteiger partial charge in [-0.25, -0.2) is 4.79 Å². The maximum Gasteiger partial charge on any atom is 0.328 e. The van der Waals surface area contributed by atoms with Gasteiger partial charge in [-0.3, -0.25) is 4.79 Å². The molecule has 4 nitrogen and oxygen atoms in total. The summed E-state index contributed by atoms with van der Waals surface area (Å²) in [5.74, 6) is 1.15. The second kappa shape index (κ2) is 7.81. The van der Waals surface area contributed by atoms with Crippen LogP contribution >= 0.6 is 0 Å². The average Bonchev–Trinajstić information content (AvgIpc) is 2.37. The first-order valence-corrected chi connectivity index (χ1v) is 8.23. The van der Waals surface area contributed by atoms with Crippen molar-refractivity contribution < 1.29 is 14.3 Å². The third kappa shape index (κ3) is 5.33. The Labute approximate surface area is 129 Å². The highest BCUT2D eigenvalue weighted by Gasteiger charge is 2.36. The molecule has 122 valence electrons. The van der Waals surface area contributed by atoms with Gasteiger partial charge in [-0.2, -0.15) is 0 Å². The predicted octanol–water partition coefficient (Wildman–Crippen LogP) is 3.15. The third-order valence-electron chi connectivity index (χ3n) is 4.42. The number of hydrogen-bond donors (Lipinski definition) is 1. The number of hydrogen-bond acceptors (Lipinski definition) is 3. The highest BCUT2D eigenvalue weighted by molar-refractivity contribution is 5.85. The summed E-state index contributed by atoms with van der Waals surface area (Å²) in [6, 6.07) is -0.579. The molecule has 4 unspecified atom stereocenters. The summed E-state index contributed by atoms with van der Waals surface area (Å²) in [5, 5.41) is 2.85. The molecule has 0 bridgehead atoms. The van der Waals surface area contributed by atoms with E-state index < -0.39 is 6.04 Å². The molecule has 21 heavy (non-hydrogen) atoms. The zero-order chi connectivity index (χ0) is 16.2. The summed E-state index contributed by atoms with van der Waals surface area (Å²) in [7, 11) is 0. The van der Waals surface area contributed by atoms with Gasteiger partial charge in [0.05, 0.1) is 6.10 Å². The van der Waals surface area contributed by atoms with E-state index in [1.165, 1.54) is 6.42 Å². The van der Waals surface area contributed by atoms with E-state index in [0.717, 1.165) is 12.8 Å². The summed E-state index contributed by atoms with van der Waals surface area (Å²) < 4.78 is 5.14. The average molecular weight is 297 g/mol. The number of ether oxygens (including phenoxy) is 1. The van der Waals surface area contributed by atoms with Crippen LogP contribution in [0.25, 0.3) is 0 Å². The molecule has 1 amide bonds. The molecule has 0 saturated heterocycles. The number of nitrogens with one attached hydrogen (secondary N) is 1. The van der Waals surface area contributed by atoms with Gasteiger partial charge < -0.3 is 10.1 Å². The van der Waals surface area contributed by atoms with Crippen LogP contribution in [0.1, 0.15) is 60.8 Å². The van der Waals surface area contributed by atoms with Crippen LogP contribution < -0.4 is 5.32 Å². The molecule has 0 heterocycles. The second-order valence-electron chi connectivity index (χ2n) is 7.15. The lowest BCUT2D eigenvalue weighted by atomic mass is 9.69. The van der Waals surface area contributed by atoms with Crippen LogP contribution in [-0.4, -0.2) is 24.0 Å².